The number of H-pyrrole nitrogens is 1. The van der Waals surface area contributed by atoms with Gasteiger partial charge in [-0.2, -0.15) is 0 Å². The second-order valence-corrected chi connectivity index (χ2v) is 4.74. The monoisotopic (exact) mass is 285 g/mol. The predicted molar refractivity (Wildman–Crippen MR) is 68.3 cm³/mol. The Labute approximate surface area is 103 Å². The van der Waals surface area contributed by atoms with E-state index in [0.717, 1.165) is 24.7 Å². The molecule has 1 fully saturated rings. The number of aromatic amines is 1. The average Bonchev–Trinajstić information content (AvgIpc) is 2.54. The molecule has 1 aromatic rings. The van der Waals surface area contributed by atoms with Crippen molar-refractivity contribution in [3.05, 3.63) is 22.7 Å². The Morgan fingerprint density at radius 2 is 2.38 bits per heavy atom. The van der Waals surface area contributed by atoms with Crippen LogP contribution in [0.1, 0.15) is 25.7 Å². The summed E-state index contributed by atoms with van der Waals surface area (Å²) in [5.74, 6) is 0.564. The molecule has 0 radical (unpaired) electrons. The molecule has 1 N–H and O–H groups in total. The lowest BCUT2D eigenvalue weighted by molar-refractivity contribution is 0.618. The van der Waals surface area contributed by atoms with E-state index in [0.29, 0.717) is 11.9 Å². The number of hydrogen-bond acceptors (Lipinski definition) is 3. The van der Waals surface area contributed by atoms with Crippen molar-refractivity contribution in [2.24, 2.45) is 0 Å². The number of nitrogens with zero attached hydrogens (tertiary/aromatic N) is 2. The lowest BCUT2D eigenvalue weighted by Gasteiger charge is -2.28. The Morgan fingerprint density at radius 1 is 1.50 bits per heavy atom. The van der Waals surface area contributed by atoms with Crippen molar-refractivity contribution in [1.29, 1.82) is 0 Å². The van der Waals surface area contributed by atoms with E-state index in [9.17, 15) is 4.79 Å². The largest absolute Gasteiger partial charge is 0.348 e. The van der Waals surface area contributed by atoms with E-state index >= 15 is 0 Å². The van der Waals surface area contributed by atoms with Gasteiger partial charge in [0.05, 0.1) is 0 Å². The van der Waals surface area contributed by atoms with Crippen molar-refractivity contribution in [2.75, 3.05) is 16.8 Å². The van der Waals surface area contributed by atoms with E-state index in [1.165, 1.54) is 12.8 Å². The van der Waals surface area contributed by atoms with Crippen LogP contribution in [0.15, 0.2) is 17.2 Å². The van der Waals surface area contributed by atoms with Gasteiger partial charge in [0.2, 0.25) is 0 Å². The molecule has 0 aromatic carbocycles. The molecule has 0 spiro atoms. The van der Waals surface area contributed by atoms with Crippen molar-refractivity contribution in [1.82, 2.24) is 9.97 Å². The standard InChI is InChI=1S/C11H16BrN3O/c12-8-9-4-2-1-3-7-15(9)10-11(16)14-6-5-13-10/h5-6,9H,1-4,7-8H2,(H,14,16). The minimum absolute atomic E-state index is 0.0876. The summed E-state index contributed by atoms with van der Waals surface area (Å²) in [5, 5.41) is 0.892. The van der Waals surface area contributed by atoms with E-state index in [-0.39, 0.29) is 5.56 Å². The molecule has 88 valence electrons. The Balaban J connectivity index is 2.29. The normalized spacial score (nSPS) is 21.8. The summed E-state index contributed by atoms with van der Waals surface area (Å²) < 4.78 is 0. The summed E-state index contributed by atoms with van der Waals surface area (Å²) in [5.41, 5.74) is -0.0876. The molecule has 0 saturated carbocycles. The van der Waals surface area contributed by atoms with Crippen LogP contribution in [-0.4, -0.2) is 27.9 Å². The molecule has 2 rings (SSSR count). The lowest BCUT2D eigenvalue weighted by Crippen LogP contribution is -2.40. The topological polar surface area (TPSA) is 49.0 Å². The van der Waals surface area contributed by atoms with Gasteiger partial charge < -0.3 is 9.88 Å². The molecule has 0 aliphatic carbocycles. The van der Waals surface area contributed by atoms with Gasteiger partial charge in [-0.3, -0.25) is 4.79 Å². The molecule has 2 heterocycles. The van der Waals surface area contributed by atoms with Crippen molar-refractivity contribution in [3.63, 3.8) is 0 Å². The zero-order valence-electron chi connectivity index (χ0n) is 9.16. The van der Waals surface area contributed by atoms with Gasteiger partial charge in [-0.25, -0.2) is 4.98 Å². The molecule has 0 bridgehead atoms. The number of alkyl halides is 1. The van der Waals surface area contributed by atoms with E-state index in [1.807, 2.05) is 0 Å². The maximum atomic E-state index is 11.7. The fraction of sp³-hybridized carbons (Fsp3) is 0.636. The zero-order chi connectivity index (χ0) is 11.4. The second-order valence-electron chi connectivity index (χ2n) is 4.09. The Hall–Kier alpha value is -0.840. The molecule has 1 aliphatic rings. The number of hydrogen-bond donors (Lipinski definition) is 1. The van der Waals surface area contributed by atoms with Crippen molar-refractivity contribution in [3.8, 4) is 0 Å². The minimum atomic E-state index is -0.0876. The van der Waals surface area contributed by atoms with Crippen molar-refractivity contribution in [2.45, 2.75) is 31.7 Å². The van der Waals surface area contributed by atoms with Crippen molar-refractivity contribution >= 4 is 21.7 Å². The first kappa shape index (κ1) is 11.6. The summed E-state index contributed by atoms with van der Waals surface area (Å²) in [4.78, 5) is 20.7. The van der Waals surface area contributed by atoms with Crippen LogP contribution in [0.2, 0.25) is 0 Å². The highest BCUT2D eigenvalue weighted by molar-refractivity contribution is 9.09. The lowest BCUT2D eigenvalue weighted by atomic mass is 10.1. The molecule has 1 saturated heterocycles. The average molecular weight is 286 g/mol. The number of rotatable bonds is 2. The molecule has 1 aromatic heterocycles. The molecule has 1 atom stereocenters. The molecule has 16 heavy (non-hydrogen) atoms. The fourth-order valence-corrected chi connectivity index (χ4v) is 2.84. The number of halogens is 1. The van der Waals surface area contributed by atoms with Crippen LogP contribution in [0.3, 0.4) is 0 Å². The SMILES string of the molecule is O=c1[nH]ccnc1N1CCCCCC1CBr. The van der Waals surface area contributed by atoms with Crippen LogP contribution < -0.4 is 10.5 Å². The van der Waals surface area contributed by atoms with Crippen LogP contribution in [0.4, 0.5) is 5.82 Å². The third kappa shape index (κ3) is 2.45. The van der Waals surface area contributed by atoms with Crippen LogP contribution in [0, 0.1) is 0 Å². The Bertz CT molecular complexity index is 393. The highest BCUT2D eigenvalue weighted by Crippen LogP contribution is 2.21. The van der Waals surface area contributed by atoms with Gasteiger partial charge in [0, 0.05) is 30.3 Å². The molecule has 0 amide bonds. The van der Waals surface area contributed by atoms with Crippen LogP contribution >= 0.6 is 15.9 Å². The summed E-state index contributed by atoms with van der Waals surface area (Å²) >= 11 is 3.53. The smallest absolute Gasteiger partial charge is 0.290 e. The molecular formula is C11H16BrN3O. The van der Waals surface area contributed by atoms with Gasteiger partial charge in [-0.05, 0) is 12.8 Å². The fourth-order valence-electron chi connectivity index (χ4n) is 2.17. The maximum Gasteiger partial charge on any atom is 0.290 e. The Kier molecular flexibility index (Phi) is 3.98. The molecule has 1 unspecified atom stereocenters. The van der Waals surface area contributed by atoms with Crippen molar-refractivity contribution < 1.29 is 0 Å². The quantitative estimate of drug-likeness (QED) is 0.845. The van der Waals surface area contributed by atoms with Gasteiger partial charge in [-0.15, -0.1) is 0 Å². The van der Waals surface area contributed by atoms with Gasteiger partial charge in [0.25, 0.3) is 5.56 Å². The van der Waals surface area contributed by atoms with E-state index in [2.05, 4.69) is 30.8 Å². The first-order valence-corrected chi connectivity index (χ1v) is 6.81. The zero-order valence-corrected chi connectivity index (χ0v) is 10.7. The van der Waals surface area contributed by atoms with Crippen LogP contribution in [0.5, 0.6) is 0 Å². The highest BCUT2D eigenvalue weighted by atomic mass is 79.9. The van der Waals surface area contributed by atoms with Gasteiger partial charge in [-0.1, -0.05) is 28.8 Å². The van der Waals surface area contributed by atoms with E-state index in [4.69, 9.17) is 0 Å². The number of anilines is 1. The summed E-state index contributed by atoms with van der Waals surface area (Å²) in [7, 11) is 0. The van der Waals surface area contributed by atoms with Gasteiger partial charge in [0.1, 0.15) is 0 Å². The molecule has 5 heteroatoms. The van der Waals surface area contributed by atoms with Crippen LogP contribution in [-0.2, 0) is 0 Å². The third-order valence-corrected chi connectivity index (χ3v) is 3.76. The number of nitrogens with one attached hydrogen (secondary N) is 1. The molecule has 4 nitrogen and oxygen atoms in total. The van der Waals surface area contributed by atoms with Gasteiger partial charge >= 0.3 is 0 Å². The predicted octanol–water partition coefficient (Wildman–Crippen LogP) is 1.91. The molecular weight excluding hydrogens is 270 g/mol. The summed E-state index contributed by atoms with van der Waals surface area (Å²) in [6.45, 7) is 0.927. The van der Waals surface area contributed by atoms with E-state index in [1.54, 1.807) is 12.4 Å². The Morgan fingerprint density at radius 3 is 3.12 bits per heavy atom. The number of aromatic nitrogens is 2. The summed E-state index contributed by atoms with van der Waals surface area (Å²) in [6, 6.07) is 0.387. The summed E-state index contributed by atoms with van der Waals surface area (Å²) in [6.07, 6.45) is 7.96. The molecule has 1 aliphatic heterocycles. The third-order valence-electron chi connectivity index (χ3n) is 3.02. The first-order chi connectivity index (χ1) is 7.83. The first-order valence-electron chi connectivity index (χ1n) is 5.69. The maximum absolute atomic E-state index is 11.7. The minimum Gasteiger partial charge on any atom is -0.348 e. The van der Waals surface area contributed by atoms with Crippen LogP contribution in [0.25, 0.3) is 0 Å². The highest BCUT2D eigenvalue weighted by Gasteiger charge is 2.22. The van der Waals surface area contributed by atoms with E-state index < -0.39 is 0 Å². The second kappa shape index (κ2) is 5.48. The van der Waals surface area contributed by atoms with Gasteiger partial charge in [0.15, 0.2) is 5.82 Å².